The van der Waals surface area contributed by atoms with Gasteiger partial charge in [0.25, 0.3) is 0 Å². The largest absolute Gasteiger partial charge is 0.380 e. The van der Waals surface area contributed by atoms with Gasteiger partial charge in [-0.3, -0.25) is 4.79 Å². The highest BCUT2D eigenvalue weighted by Gasteiger charge is 2.23. The van der Waals surface area contributed by atoms with Crippen LogP contribution in [0.15, 0.2) is 0 Å². The minimum atomic E-state index is 0.152. The van der Waals surface area contributed by atoms with Crippen molar-refractivity contribution in [1.29, 1.82) is 0 Å². The molecule has 0 aromatic carbocycles. The Labute approximate surface area is 88.4 Å². The standard InChI is InChI=1S/C7H13NO2.2C2H6/c1-6(9)8-4-3-7(5-8)10-2;2*1-2/h7H,3-5H2,1-2H3;2*1-2H3. The summed E-state index contributed by atoms with van der Waals surface area (Å²) in [6, 6.07) is 0. The first kappa shape index (κ1) is 15.9. The third kappa shape index (κ3) is 5.97. The molecule has 0 radical (unpaired) electrons. The molecule has 1 amide bonds. The Balaban J connectivity index is 0. The number of carbonyl (C=O) groups excluding carboxylic acids is 1. The van der Waals surface area contributed by atoms with E-state index in [1.807, 2.05) is 32.6 Å². The number of hydrogen-bond acceptors (Lipinski definition) is 2. The number of methoxy groups -OCH3 is 1. The van der Waals surface area contributed by atoms with Gasteiger partial charge in [-0.2, -0.15) is 0 Å². The van der Waals surface area contributed by atoms with Crippen LogP contribution in [0.1, 0.15) is 41.0 Å². The van der Waals surface area contributed by atoms with Gasteiger partial charge in [0.2, 0.25) is 5.91 Å². The number of likely N-dealkylation sites (tertiary alicyclic amines) is 1. The van der Waals surface area contributed by atoms with Gasteiger partial charge in [-0.25, -0.2) is 0 Å². The summed E-state index contributed by atoms with van der Waals surface area (Å²) in [7, 11) is 1.69. The van der Waals surface area contributed by atoms with Crippen LogP contribution in [0.2, 0.25) is 0 Å². The zero-order chi connectivity index (χ0) is 11.6. The molecule has 0 bridgehead atoms. The molecule has 0 aliphatic carbocycles. The van der Waals surface area contributed by atoms with Crippen molar-refractivity contribution in [3.05, 3.63) is 0 Å². The van der Waals surface area contributed by atoms with Crippen molar-refractivity contribution in [2.75, 3.05) is 20.2 Å². The van der Waals surface area contributed by atoms with E-state index in [9.17, 15) is 4.79 Å². The minimum Gasteiger partial charge on any atom is -0.380 e. The maximum absolute atomic E-state index is 10.8. The number of rotatable bonds is 1. The molecule has 1 fully saturated rings. The summed E-state index contributed by atoms with van der Waals surface area (Å²) in [5.74, 6) is 0.152. The molecule has 3 heteroatoms. The second-order valence-electron chi connectivity index (χ2n) is 2.61. The van der Waals surface area contributed by atoms with E-state index >= 15 is 0 Å². The van der Waals surface area contributed by atoms with Gasteiger partial charge >= 0.3 is 0 Å². The molecule has 1 heterocycles. The van der Waals surface area contributed by atoms with Crippen molar-refractivity contribution in [3.63, 3.8) is 0 Å². The summed E-state index contributed by atoms with van der Waals surface area (Å²) in [6.07, 6.45) is 1.25. The van der Waals surface area contributed by atoms with Crippen LogP contribution in [0, 0.1) is 0 Å². The average Bonchev–Trinajstić information content (AvgIpc) is 2.72. The van der Waals surface area contributed by atoms with Crippen molar-refractivity contribution in [1.82, 2.24) is 4.90 Å². The number of carbonyl (C=O) groups is 1. The lowest BCUT2D eigenvalue weighted by Crippen LogP contribution is -2.27. The zero-order valence-corrected chi connectivity index (χ0v) is 10.5. The lowest BCUT2D eigenvalue weighted by atomic mass is 10.3. The first-order valence-corrected chi connectivity index (χ1v) is 5.52. The van der Waals surface area contributed by atoms with Crippen LogP contribution in [-0.2, 0) is 9.53 Å². The van der Waals surface area contributed by atoms with Crippen molar-refractivity contribution in [3.8, 4) is 0 Å². The van der Waals surface area contributed by atoms with Gasteiger partial charge < -0.3 is 9.64 Å². The Morgan fingerprint density at radius 1 is 1.29 bits per heavy atom. The number of hydrogen-bond donors (Lipinski definition) is 0. The molecular formula is C11H25NO2. The molecule has 0 aromatic heterocycles. The van der Waals surface area contributed by atoms with Crippen LogP contribution in [0.25, 0.3) is 0 Å². The molecule has 0 N–H and O–H groups in total. The Hall–Kier alpha value is -0.570. The molecular weight excluding hydrogens is 178 g/mol. The zero-order valence-electron chi connectivity index (χ0n) is 10.5. The van der Waals surface area contributed by atoms with Crippen molar-refractivity contribution in [2.24, 2.45) is 0 Å². The monoisotopic (exact) mass is 203 g/mol. The molecule has 0 aromatic rings. The quantitative estimate of drug-likeness (QED) is 0.654. The second-order valence-corrected chi connectivity index (χ2v) is 2.61. The molecule has 1 unspecified atom stereocenters. The topological polar surface area (TPSA) is 29.5 Å². The van der Waals surface area contributed by atoms with Gasteiger partial charge in [-0.15, -0.1) is 0 Å². The fraction of sp³-hybridized carbons (Fsp3) is 0.909. The first-order chi connectivity index (χ1) is 6.74. The van der Waals surface area contributed by atoms with E-state index in [4.69, 9.17) is 4.74 Å². The maximum Gasteiger partial charge on any atom is 0.219 e. The van der Waals surface area contributed by atoms with Gasteiger partial charge in [0.1, 0.15) is 0 Å². The normalized spacial score (nSPS) is 19.0. The summed E-state index contributed by atoms with van der Waals surface area (Å²) < 4.78 is 5.10. The van der Waals surface area contributed by atoms with Crippen LogP contribution in [0.4, 0.5) is 0 Å². The lowest BCUT2D eigenvalue weighted by Gasteiger charge is -2.12. The van der Waals surface area contributed by atoms with Gasteiger partial charge in [0.15, 0.2) is 0 Å². The third-order valence-electron chi connectivity index (χ3n) is 1.92. The molecule has 0 saturated carbocycles. The molecule has 1 aliphatic rings. The van der Waals surface area contributed by atoms with Gasteiger partial charge in [-0.05, 0) is 6.42 Å². The maximum atomic E-state index is 10.8. The summed E-state index contributed by atoms with van der Waals surface area (Å²) in [5.41, 5.74) is 0. The van der Waals surface area contributed by atoms with Crippen LogP contribution >= 0.6 is 0 Å². The van der Waals surface area contributed by atoms with Gasteiger partial charge in [0.05, 0.1) is 6.10 Å². The second kappa shape index (κ2) is 10.5. The average molecular weight is 203 g/mol. The van der Waals surface area contributed by atoms with E-state index in [0.717, 1.165) is 19.5 Å². The molecule has 0 spiro atoms. The molecule has 1 rings (SSSR count). The Morgan fingerprint density at radius 3 is 2.00 bits per heavy atom. The summed E-state index contributed by atoms with van der Waals surface area (Å²) in [4.78, 5) is 12.6. The Morgan fingerprint density at radius 2 is 1.79 bits per heavy atom. The Kier molecular flexibility index (Phi) is 11.9. The van der Waals surface area contributed by atoms with E-state index in [2.05, 4.69) is 0 Å². The van der Waals surface area contributed by atoms with E-state index < -0.39 is 0 Å². The third-order valence-corrected chi connectivity index (χ3v) is 1.92. The number of amides is 1. The summed E-state index contributed by atoms with van der Waals surface area (Å²) >= 11 is 0. The summed E-state index contributed by atoms with van der Waals surface area (Å²) in [6.45, 7) is 11.2. The van der Waals surface area contributed by atoms with E-state index in [0.29, 0.717) is 0 Å². The summed E-state index contributed by atoms with van der Waals surface area (Å²) in [5, 5.41) is 0. The SMILES string of the molecule is CC.CC.COC1CCN(C(C)=O)C1. The fourth-order valence-corrected chi connectivity index (χ4v) is 1.21. The number of ether oxygens (including phenoxy) is 1. The fourth-order valence-electron chi connectivity index (χ4n) is 1.21. The van der Waals surface area contributed by atoms with E-state index in [1.54, 1.807) is 14.0 Å². The van der Waals surface area contributed by atoms with Gasteiger partial charge in [-0.1, -0.05) is 27.7 Å². The highest BCUT2D eigenvalue weighted by molar-refractivity contribution is 5.73. The lowest BCUT2D eigenvalue weighted by molar-refractivity contribution is -0.128. The van der Waals surface area contributed by atoms with Crippen LogP contribution in [-0.4, -0.2) is 37.1 Å². The molecule has 14 heavy (non-hydrogen) atoms. The predicted molar refractivity (Wildman–Crippen MR) is 60.4 cm³/mol. The number of nitrogens with zero attached hydrogens (tertiary/aromatic N) is 1. The van der Waals surface area contributed by atoms with Crippen molar-refractivity contribution < 1.29 is 9.53 Å². The molecule has 3 nitrogen and oxygen atoms in total. The Bertz CT molecular complexity index is 137. The molecule has 86 valence electrons. The highest BCUT2D eigenvalue weighted by Crippen LogP contribution is 2.10. The van der Waals surface area contributed by atoms with Crippen LogP contribution in [0.3, 0.4) is 0 Å². The highest BCUT2D eigenvalue weighted by atomic mass is 16.5. The predicted octanol–water partition coefficient (Wildman–Crippen LogP) is 2.31. The van der Waals surface area contributed by atoms with E-state index in [-0.39, 0.29) is 12.0 Å². The molecule has 1 atom stereocenters. The van der Waals surface area contributed by atoms with Crippen LogP contribution in [0.5, 0.6) is 0 Å². The van der Waals surface area contributed by atoms with Crippen molar-refractivity contribution in [2.45, 2.75) is 47.1 Å². The van der Waals surface area contributed by atoms with E-state index in [1.165, 1.54) is 0 Å². The smallest absolute Gasteiger partial charge is 0.219 e. The van der Waals surface area contributed by atoms with Crippen LogP contribution < -0.4 is 0 Å². The van der Waals surface area contributed by atoms with Crippen molar-refractivity contribution >= 4 is 5.91 Å². The first-order valence-electron chi connectivity index (χ1n) is 5.52. The minimum absolute atomic E-state index is 0.152. The molecule has 1 aliphatic heterocycles. The molecule has 1 saturated heterocycles. The van der Waals surface area contributed by atoms with Gasteiger partial charge in [0, 0.05) is 27.1 Å².